The van der Waals surface area contributed by atoms with Gasteiger partial charge in [-0.05, 0) is 66.5 Å². The van der Waals surface area contributed by atoms with E-state index < -0.39 is 6.10 Å². The first kappa shape index (κ1) is 21.7. The molecule has 2 fully saturated rings. The molecule has 2 saturated carbocycles. The van der Waals surface area contributed by atoms with Crippen molar-refractivity contribution in [1.29, 1.82) is 5.26 Å². The largest absolute Gasteiger partial charge is 0.380 e. The summed E-state index contributed by atoms with van der Waals surface area (Å²) in [5.41, 5.74) is 4.16. The highest BCUT2D eigenvalue weighted by atomic mass is 35.5. The molecule has 4 aromatic rings. The molecular formula is C26H21ClN6O2. The molecule has 6 rings (SSSR count). The number of halogens is 1. The maximum Gasteiger partial charge on any atom is 0.229 e. The molecule has 2 N–H and O–H groups in total. The first-order valence-electron chi connectivity index (χ1n) is 11.5. The van der Waals surface area contributed by atoms with E-state index in [1.165, 1.54) is 24.7 Å². The van der Waals surface area contributed by atoms with E-state index in [9.17, 15) is 15.2 Å². The van der Waals surface area contributed by atoms with Gasteiger partial charge in [-0.15, -0.1) is 0 Å². The number of pyridine rings is 1. The van der Waals surface area contributed by atoms with Crippen molar-refractivity contribution in [2.45, 2.75) is 37.2 Å². The summed E-state index contributed by atoms with van der Waals surface area (Å²) in [6.07, 6.45) is 7.17. The Balaban J connectivity index is 1.17. The average molecular weight is 485 g/mol. The number of carbonyl (C=O) groups excluding carboxylic acids is 1. The molecule has 0 bridgehead atoms. The number of aromatic nitrogens is 4. The molecule has 1 aromatic carbocycles. The number of nitriles is 1. The fourth-order valence-corrected chi connectivity index (χ4v) is 4.73. The second-order valence-corrected chi connectivity index (χ2v) is 9.62. The van der Waals surface area contributed by atoms with Crippen molar-refractivity contribution >= 4 is 29.0 Å². The van der Waals surface area contributed by atoms with E-state index >= 15 is 0 Å². The number of imidazole rings is 1. The van der Waals surface area contributed by atoms with Crippen LogP contribution in [0.1, 0.15) is 65.3 Å². The van der Waals surface area contributed by atoms with E-state index in [0.29, 0.717) is 40.1 Å². The third-order valence-corrected chi connectivity index (χ3v) is 6.94. The molecule has 2 aliphatic rings. The van der Waals surface area contributed by atoms with E-state index in [0.717, 1.165) is 11.2 Å². The summed E-state index contributed by atoms with van der Waals surface area (Å²) in [4.78, 5) is 25.7. The molecule has 0 aliphatic heterocycles. The SMILES string of the molecule is N#Cc1ccc(Cl)cc1C1CC1C(=O)Nc1cc(C(O)c2cn3cc(C4CC4)ccc3n2)ncn1. The minimum atomic E-state index is -1.06. The van der Waals surface area contributed by atoms with E-state index in [1.807, 2.05) is 10.5 Å². The summed E-state index contributed by atoms with van der Waals surface area (Å²) >= 11 is 6.09. The smallest absolute Gasteiger partial charge is 0.229 e. The number of nitrogens with one attached hydrogen (secondary N) is 1. The van der Waals surface area contributed by atoms with Crippen LogP contribution in [-0.2, 0) is 4.79 Å². The number of aliphatic hydroxyl groups excluding tert-OH is 1. The van der Waals surface area contributed by atoms with Crippen LogP contribution in [0.4, 0.5) is 5.82 Å². The van der Waals surface area contributed by atoms with Crippen LogP contribution in [0.3, 0.4) is 0 Å². The van der Waals surface area contributed by atoms with Crippen molar-refractivity contribution in [2.24, 2.45) is 5.92 Å². The highest BCUT2D eigenvalue weighted by molar-refractivity contribution is 6.30. The maximum atomic E-state index is 12.8. The second kappa shape index (κ2) is 8.45. The van der Waals surface area contributed by atoms with Crippen molar-refractivity contribution in [3.63, 3.8) is 0 Å². The van der Waals surface area contributed by atoms with Crippen LogP contribution < -0.4 is 5.32 Å². The predicted octanol–water partition coefficient (Wildman–Crippen LogP) is 4.35. The monoisotopic (exact) mass is 484 g/mol. The summed E-state index contributed by atoms with van der Waals surface area (Å²) in [6.45, 7) is 0. The van der Waals surface area contributed by atoms with Gasteiger partial charge >= 0.3 is 0 Å². The zero-order valence-electron chi connectivity index (χ0n) is 18.6. The third kappa shape index (κ3) is 4.25. The molecule has 35 heavy (non-hydrogen) atoms. The van der Waals surface area contributed by atoms with Gasteiger partial charge in [0, 0.05) is 29.4 Å². The molecule has 8 nitrogen and oxygen atoms in total. The Labute approximate surface area is 206 Å². The van der Waals surface area contributed by atoms with Crippen molar-refractivity contribution in [3.8, 4) is 6.07 Å². The number of carbonyl (C=O) groups is 1. The van der Waals surface area contributed by atoms with E-state index in [4.69, 9.17) is 11.6 Å². The number of aliphatic hydroxyl groups is 1. The zero-order valence-corrected chi connectivity index (χ0v) is 19.4. The Kier molecular flexibility index (Phi) is 5.24. The van der Waals surface area contributed by atoms with Crippen LogP contribution in [0.25, 0.3) is 5.65 Å². The van der Waals surface area contributed by atoms with Crippen LogP contribution >= 0.6 is 11.6 Å². The lowest BCUT2D eigenvalue weighted by Gasteiger charge is -2.09. The Bertz CT molecular complexity index is 1510. The molecule has 3 heterocycles. The molecule has 0 saturated heterocycles. The molecule has 0 spiro atoms. The standard InChI is InChI=1S/C26H21ClN6O2/c27-17-5-3-15(10-28)18(7-17)19-8-20(19)26(35)32-23-9-21(29-13-30-23)25(34)22-12-33-11-16(14-1-2-14)4-6-24(33)31-22/h3-7,9,11-14,19-20,25,34H,1-2,8H2,(H,29,30,32,35). The Morgan fingerprint density at radius 1 is 1.17 bits per heavy atom. The number of anilines is 1. The van der Waals surface area contributed by atoms with Gasteiger partial charge in [0.15, 0.2) is 0 Å². The predicted molar refractivity (Wildman–Crippen MR) is 129 cm³/mol. The number of hydrogen-bond acceptors (Lipinski definition) is 6. The van der Waals surface area contributed by atoms with Crippen LogP contribution in [0.15, 0.2) is 55.1 Å². The Hall–Kier alpha value is -3.80. The van der Waals surface area contributed by atoms with E-state index in [1.54, 1.807) is 30.5 Å². The summed E-state index contributed by atoms with van der Waals surface area (Å²) in [7, 11) is 0. The first-order valence-corrected chi connectivity index (χ1v) is 11.9. The highest BCUT2D eigenvalue weighted by Crippen LogP contribution is 2.49. The third-order valence-electron chi connectivity index (χ3n) is 6.70. The van der Waals surface area contributed by atoms with Gasteiger partial charge in [0.05, 0.1) is 23.0 Å². The number of nitrogens with zero attached hydrogens (tertiary/aromatic N) is 5. The van der Waals surface area contributed by atoms with E-state index in [-0.39, 0.29) is 17.7 Å². The van der Waals surface area contributed by atoms with Gasteiger partial charge < -0.3 is 14.8 Å². The second-order valence-electron chi connectivity index (χ2n) is 9.18. The van der Waals surface area contributed by atoms with Gasteiger partial charge in [-0.25, -0.2) is 15.0 Å². The van der Waals surface area contributed by atoms with Gasteiger partial charge in [0.25, 0.3) is 0 Å². The molecule has 2 aliphatic carbocycles. The van der Waals surface area contributed by atoms with Crippen molar-refractivity contribution < 1.29 is 9.90 Å². The highest BCUT2D eigenvalue weighted by Gasteiger charge is 2.45. The summed E-state index contributed by atoms with van der Waals surface area (Å²) in [5, 5.41) is 23.6. The summed E-state index contributed by atoms with van der Waals surface area (Å²) in [5.74, 6) is 0.394. The Morgan fingerprint density at radius 3 is 2.83 bits per heavy atom. The molecule has 9 heteroatoms. The first-order chi connectivity index (χ1) is 17.0. The zero-order chi connectivity index (χ0) is 24.1. The fraction of sp³-hybridized carbons (Fsp3) is 0.269. The lowest BCUT2D eigenvalue weighted by molar-refractivity contribution is -0.117. The van der Waals surface area contributed by atoms with Crippen LogP contribution in [0, 0.1) is 17.2 Å². The maximum absolute atomic E-state index is 12.8. The fourth-order valence-electron chi connectivity index (χ4n) is 4.55. The molecular weight excluding hydrogens is 464 g/mol. The van der Waals surface area contributed by atoms with Crippen LogP contribution in [0.5, 0.6) is 0 Å². The normalized spacial score (nSPS) is 19.8. The van der Waals surface area contributed by atoms with Gasteiger partial charge in [-0.2, -0.15) is 5.26 Å². The Morgan fingerprint density at radius 2 is 2.03 bits per heavy atom. The topological polar surface area (TPSA) is 116 Å². The lowest BCUT2D eigenvalue weighted by Crippen LogP contribution is -2.16. The van der Waals surface area contributed by atoms with Gasteiger partial charge in [-0.1, -0.05) is 17.7 Å². The van der Waals surface area contributed by atoms with Crippen molar-refractivity contribution in [2.75, 3.05) is 5.32 Å². The van der Waals surface area contributed by atoms with E-state index in [2.05, 4.69) is 38.6 Å². The number of fused-ring (bicyclic) bond motifs is 1. The lowest BCUT2D eigenvalue weighted by atomic mass is 10.0. The quantitative estimate of drug-likeness (QED) is 0.420. The van der Waals surface area contributed by atoms with Crippen molar-refractivity contribution in [3.05, 3.63) is 88.2 Å². The van der Waals surface area contributed by atoms with Gasteiger partial charge in [0.1, 0.15) is 23.9 Å². The number of hydrogen-bond donors (Lipinski definition) is 2. The van der Waals surface area contributed by atoms with Crippen molar-refractivity contribution in [1.82, 2.24) is 19.4 Å². The van der Waals surface area contributed by atoms with Crippen LogP contribution in [-0.4, -0.2) is 30.4 Å². The molecule has 3 unspecified atom stereocenters. The molecule has 3 atom stereocenters. The molecule has 1 amide bonds. The molecule has 3 aromatic heterocycles. The molecule has 0 radical (unpaired) electrons. The summed E-state index contributed by atoms with van der Waals surface area (Å²) in [6, 6.07) is 12.9. The van der Waals surface area contributed by atoms with Gasteiger partial charge in [-0.3, -0.25) is 4.79 Å². The number of benzene rings is 1. The average Bonchev–Trinajstić information content (AvgIpc) is 3.79. The van der Waals surface area contributed by atoms with Crippen LogP contribution in [0.2, 0.25) is 5.02 Å². The minimum Gasteiger partial charge on any atom is -0.380 e. The minimum absolute atomic E-state index is 0.0613. The summed E-state index contributed by atoms with van der Waals surface area (Å²) < 4.78 is 1.93. The number of rotatable bonds is 6. The number of amides is 1. The van der Waals surface area contributed by atoms with Gasteiger partial charge in [0.2, 0.25) is 5.91 Å². The molecule has 174 valence electrons.